The molecule has 0 saturated heterocycles. The zero-order valence-electron chi connectivity index (χ0n) is 20.3. The Bertz CT molecular complexity index is 1170. The van der Waals surface area contributed by atoms with Crippen LogP contribution in [0.25, 0.3) is 0 Å². The summed E-state index contributed by atoms with van der Waals surface area (Å²) in [6.45, 7) is 8.72. The van der Waals surface area contributed by atoms with Crippen LogP contribution in [0.2, 0.25) is 5.02 Å². The van der Waals surface area contributed by atoms with Gasteiger partial charge in [0.2, 0.25) is 0 Å². The lowest BCUT2D eigenvalue weighted by Crippen LogP contribution is -2.49. The van der Waals surface area contributed by atoms with E-state index in [0.717, 1.165) is 23.1 Å². The highest BCUT2D eigenvalue weighted by Gasteiger charge is 2.53. The zero-order chi connectivity index (χ0) is 24.3. The van der Waals surface area contributed by atoms with Crippen LogP contribution in [0.5, 0.6) is 0 Å². The van der Waals surface area contributed by atoms with E-state index < -0.39 is 5.72 Å². The fourth-order valence-corrected chi connectivity index (χ4v) is 4.95. The van der Waals surface area contributed by atoms with E-state index in [-0.39, 0.29) is 12.0 Å². The average molecular weight is 474 g/mol. The highest BCUT2D eigenvalue weighted by Crippen LogP contribution is 2.47. The first-order valence-corrected chi connectivity index (χ1v) is 12.2. The maximum Gasteiger partial charge on any atom is 0.257 e. The number of allylic oxidation sites excluding steroid dienone is 5. The average Bonchev–Trinajstić information content (AvgIpc) is 3.32. The van der Waals surface area contributed by atoms with Gasteiger partial charge in [-0.25, -0.2) is 0 Å². The van der Waals surface area contributed by atoms with Gasteiger partial charge < -0.3 is 4.74 Å². The summed E-state index contributed by atoms with van der Waals surface area (Å²) in [5.74, 6) is 0.401. The number of amides is 1. The van der Waals surface area contributed by atoms with E-state index in [1.165, 1.54) is 5.57 Å². The van der Waals surface area contributed by atoms with Gasteiger partial charge in [0.1, 0.15) is 0 Å². The molecule has 1 heterocycles. The van der Waals surface area contributed by atoms with Gasteiger partial charge in [0, 0.05) is 28.3 Å². The Morgan fingerprint density at radius 1 is 1.15 bits per heavy atom. The first kappa shape index (κ1) is 24.3. The predicted octanol–water partition coefficient (Wildman–Crippen LogP) is 7.45. The fraction of sp³-hybridized carbons (Fsp3) is 0.300. The molecule has 0 bridgehead atoms. The monoisotopic (exact) mass is 473 g/mol. The van der Waals surface area contributed by atoms with Crippen LogP contribution >= 0.6 is 11.6 Å². The summed E-state index contributed by atoms with van der Waals surface area (Å²) in [5, 5.41) is 0.649. The molecule has 2 aromatic rings. The molecular formula is C30H32ClNO2. The highest BCUT2D eigenvalue weighted by atomic mass is 35.5. The van der Waals surface area contributed by atoms with E-state index in [1.807, 2.05) is 72.5 Å². The molecule has 1 amide bonds. The summed E-state index contributed by atoms with van der Waals surface area (Å²) < 4.78 is 6.99. The van der Waals surface area contributed by atoms with Gasteiger partial charge in [-0.05, 0) is 56.9 Å². The molecule has 2 aliphatic rings. The Morgan fingerprint density at radius 3 is 2.53 bits per heavy atom. The Labute approximate surface area is 208 Å². The Balaban J connectivity index is 1.91. The number of benzene rings is 2. The van der Waals surface area contributed by atoms with E-state index in [4.69, 9.17) is 16.3 Å². The van der Waals surface area contributed by atoms with Crippen molar-refractivity contribution in [3.05, 3.63) is 118 Å². The number of hydrogen-bond donors (Lipinski definition) is 0. The summed E-state index contributed by atoms with van der Waals surface area (Å²) in [6.07, 6.45) is 13.3. The number of carbonyl (C=O) groups excluding carboxylic acids is 1. The van der Waals surface area contributed by atoms with Crippen LogP contribution in [0.15, 0.2) is 96.1 Å². The smallest absolute Gasteiger partial charge is 0.257 e. The van der Waals surface area contributed by atoms with Crippen LogP contribution in [-0.2, 0) is 10.5 Å². The van der Waals surface area contributed by atoms with Crippen molar-refractivity contribution >= 4 is 17.5 Å². The molecule has 0 saturated carbocycles. The number of carbonyl (C=O) groups is 1. The molecule has 3 nitrogen and oxygen atoms in total. The summed E-state index contributed by atoms with van der Waals surface area (Å²) in [6, 6.07) is 15.5. The second-order valence-corrected chi connectivity index (χ2v) is 9.77. The lowest BCUT2D eigenvalue weighted by Gasteiger charge is -2.41. The first-order valence-electron chi connectivity index (χ1n) is 11.9. The Hall–Kier alpha value is -2.88. The number of rotatable bonds is 7. The highest BCUT2D eigenvalue weighted by molar-refractivity contribution is 6.30. The van der Waals surface area contributed by atoms with Crippen molar-refractivity contribution in [2.24, 2.45) is 5.92 Å². The first-order chi connectivity index (χ1) is 16.3. The van der Waals surface area contributed by atoms with E-state index in [2.05, 4.69) is 45.1 Å². The van der Waals surface area contributed by atoms with Crippen molar-refractivity contribution in [3.63, 3.8) is 0 Å². The van der Waals surface area contributed by atoms with Gasteiger partial charge in [0.05, 0.1) is 6.10 Å². The number of nitrogens with zero attached hydrogens (tertiary/aromatic N) is 1. The third-order valence-electron chi connectivity index (χ3n) is 6.28. The summed E-state index contributed by atoms with van der Waals surface area (Å²) in [4.78, 5) is 15.8. The summed E-state index contributed by atoms with van der Waals surface area (Å²) in [5.41, 5.74) is 3.60. The SMILES string of the molecule is C/C=C/C=C(\C=C(C)C)CN1C(=O)c2ccccc2C1(O[C@H]1C=C[C@@H](C)C1)c1ccc(Cl)cc1. The van der Waals surface area contributed by atoms with Crippen LogP contribution in [0.4, 0.5) is 0 Å². The minimum atomic E-state index is -1.05. The van der Waals surface area contributed by atoms with E-state index in [9.17, 15) is 4.79 Å². The third kappa shape index (κ3) is 4.68. The fourth-order valence-electron chi connectivity index (χ4n) is 4.83. The van der Waals surface area contributed by atoms with Gasteiger partial charge in [0.25, 0.3) is 5.91 Å². The third-order valence-corrected chi connectivity index (χ3v) is 6.53. The lowest BCUT2D eigenvalue weighted by atomic mass is 9.92. The predicted molar refractivity (Wildman–Crippen MR) is 140 cm³/mol. The Kier molecular flexibility index (Phi) is 7.25. The molecule has 1 aliphatic carbocycles. The molecule has 1 unspecified atom stereocenters. The van der Waals surface area contributed by atoms with Crippen LogP contribution in [0, 0.1) is 5.92 Å². The molecule has 1 aliphatic heterocycles. The molecule has 176 valence electrons. The quantitative estimate of drug-likeness (QED) is 0.308. The second kappa shape index (κ2) is 10.2. The summed E-state index contributed by atoms with van der Waals surface area (Å²) >= 11 is 6.26. The van der Waals surface area contributed by atoms with Crippen molar-refractivity contribution in [1.29, 1.82) is 0 Å². The molecule has 3 atom stereocenters. The lowest BCUT2D eigenvalue weighted by molar-refractivity contribution is -0.129. The standard InChI is InChI=1S/C30H32ClNO2/c1-5-6-9-23(18-21(2)3)20-32-29(33)27-10-7-8-11-28(27)30(32,24-13-15-25(31)16-14-24)34-26-17-12-22(4)19-26/h5-18,22,26H,19-20H2,1-4H3/b6-5+,23-9+/t22-,26+,30?/m1/s1. The minimum absolute atomic E-state index is 0.0332. The van der Waals surface area contributed by atoms with Gasteiger partial charge in [0.15, 0.2) is 5.72 Å². The number of halogens is 1. The molecule has 2 aromatic carbocycles. The number of hydrogen-bond acceptors (Lipinski definition) is 2. The van der Waals surface area contributed by atoms with E-state index in [1.54, 1.807) is 0 Å². The maximum atomic E-state index is 13.9. The van der Waals surface area contributed by atoms with Crippen LogP contribution in [0.3, 0.4) is 0 Å². The van der Waals surface area contributed by atoms with Gasteiger partial charge in [-0.15, -0.1) is 0 Å². The zero-order valence-corrected chi connectivity index (χ0v) is 21.0. The van der Waals surface area contributed by atoms with Crippen molar-refractivity contribution in [2.45, 2.75) is 45.9 Å². The molecule has 0 aromatic heterocycles. The maximum absolute atomic E-state index is 13.9. The Morgan fingerprint density at radius 2 is 1.88 bits per heavy atom. The molecular weight excluding hydrogens is 442 g/mol. The van der Waals surface area contributed by atoms with E-state index >= 15 is 0 Å². The normalized spacial score (nSPS) is 24.2. The molecule has 0 radical (unpaired) electrons. The molecule has 4 heteroatoms. The van der Waals surface area contributed by atoms with Crippen LogP contribution in [0.1, 0.15) is 55.6 Å². The molecule has 0 spiro atoms. The van der Waals surface area contributed by atoms with Crippen LogP contribution in [-0.4, -0.2) is 23.5 Å². The van der Waals surface area contributed by atoms with Crippen molar-refractivity contribution in [2.75, 3.05) is 6.54 Å². The van der Waals surface area contributed by atoms with Gasteiger partial charge >= 0.3 is 0 Å². The largest absolute Gasteiger partial charge is 0.340 e. The number of fused-ring (bicyclic) bond motifs is 1. The second-order valence-electron chi connectivity index (χ2n) is 9.33. The topological polar surface area (TPSA) is 29.5 Å². The van der Waals surface area contributed by atoms with Gasteiger partial charge in [-0.1, -0.05) is 90.9 Å². The molecule has 34 heavy (non-hydrogen) atoms. The van der Waals surface area contributed by atoms with Crippen molar-refractivity contribution < 1.29 is 9.53 Å². The number of ether oxygens (including phenoxy) is 1. The van der Waals surface area contributed by atoms with Crippen molar-refractivity contribution in [3.8, 4) is 0 Å². The van der Waals surface area contributed by atoms with E-state index in [0.29, 0.717) is 23.0 Å². The molecule has 0 N–H and O–H groups in total. The molecule has 0 fully saturated rings. The van der Waals surface area contributed by atoms with Gasteiger partial charge in [-0.2, -0.15) is 0 Å². The summed E-state index contributed by atoms with van der Waals surface area (Å²) in [7, 11) is 0. The molecule has 4 rings (SSSR count). The van der Waals surface area contributed by atoms with Crippen LogP contribution < -0.4 is 0 Å². The van der Waals surface area contributed by atoms with Gasteiger partial charge in [-0.3, -0.25) is 9.69 Å². The van der Waals surface area contributed by atoms with Crippen molar-refractivity contribution in [1.82, 2.24) is 4.90 Å². The minimum Gasteiger partial charge on any atom is -0.340 e.